The molecular formula is C66H107N10O8+. The summed E-state index contributed by atoms with van der Waals surface area (Å²) in [6, 6.07) is 15.6. The fraction of sp³-hybridized carbons (Fsp3) is 0.682. The SMILES string of the molecule is COc1ccc(C(=O)N(CC(C)(C)CCCCCCCCCCCCCCCCCCCC(=O)NCC[N+](C)(CC(=O)NCCN)CC(=O)NCCN)c2cccc(C)n2)c(N2CCC(COc3cc([C@@H](CC(=O)O)C4CC4)ccn3)CC2)c1. The maximum Gasteiger partial charge on any atom is 0.303 e. The zero-order valence-electron chi connectivity index (χ0n) is 52.1. The lowest BCUT2D eigenvalue weighted by Gasteiger charge is -2.36. The van der Waals surface area contributed by atoms with Crippen LogP contribution in [0.15, 0.2) is 54.7 Å². The van der Waals surface area contributed by atoms with Crippen molar-refractivity contribution in [2.24, 2.45) is 28.7 Å². The Morgan fingerprint density at radius 3 is 1.87 bits per heavy atom. The highest BCUT2D eigenvalue weighted by atomic mass is 16.5. The lowest BCUT2D eigenvalue weighted by molar-refractivity contribution is -0.893. The number of rotatable bonds is 44. The number of pyridine rings is 2. The van der Waals surface area contributed by atoms with Crippen molar-refractivity contribution >= 4 is 41.1 Å². The zero-order chi connectivity index (χ0) is 60.6. The molecule has 0 spiro atoms. The molecule has 468 valence electrons. The van der Waals surface area contributed by atoms with Crippen molar-refractivity contribution in [3.05, 3.63) is 71.5 Å². The molecule has 1 aliphatic heterocycles. The lowest BCUT2D eigenvalue weighted by Crippen LogP contribution is -2.57. The van der Waals surface area contributed by atoms with Crippen molar-refractivity contribution < 1.29 is 43.0 Å². The first-order valence-corrected chi connectivity index (χ1v) is 32.0. The number of benzene rings is 1. The molecule has 1 saturated heterocycles. The van der Waals surface area contributed by atoms with Crippen LogP contribution in [0.3, 0.4) is 0 Å². The Bertz CT molecular complexity index is 2420. The topological polar surface area (TPSA) is 244 Å². The molecule has 4 amide bonds. The number of unbranched alkanes of at least 4 members (excludes halogenated alkanes) is 16. The average Bonchev–Trinajstić information content (AvgIpc) is 3.43. The summed E-state index contributed by atoms with van der Waals surface area (Å²) in [5, 5.41) is 18.1. The molecule has 1 saturated carbocycles. The first-order valence-electron chi connectivity index (χ1n) is 32.0. The molecule has 18 heteroatoms. The number of carbonyl (C=O) groups is 5. The van der Waals surface area contributed by atoms with E-state index in [4.69, 9.17) is 25.9 Å². The van der Waals surface area contributed by atoms with E-state index in [0.717, 1.165) is 87.8 Å². The quantitative estimate of drug-likeness (QED) is 0.0228. The summed E-state index contributed by atoms with van der Waals surface area (Å²) < 4.78 is 12.1. The van der Waals surface area contributed by atoms with Crippen LogP contribution in [-0.4, -0.2) is 142 Å². The fourth-order valence-corrected chi connectivity index (χ4v) is 11.7. The van der Waals surface area contributed by atoms with Crippen LogP contribution >= 0.6 is 0 Å². The highest BCUT2D eigenvalue weighted by Gasteiger charge is 2.35. The summed E-state index contributed by atoms with van der Waals surface area (Å²) >= 11 is 0. The van der Waals surface area contributed by atoms with Gasteiger partial charge < -0.3 is 51.4 Å². The summed E-state index contributed by atoms with van der Waals surface area (Å²) in [6.45, 7) is 11.6. The van der Waals surface area contributed by atoms with Crippen molar-refractivity contribution in [2.45, 2.75) is 181 Å². The maximum atomic E-state index is 15.0. The number of carboxylic acids is 1. The van der Waals surface area contributed by atoms with Crippen LogP contribution in [0, 0.1) is 24.2 Å². The fourth-order valence-electron chi connectivity index (χ4n) is 11.7. The standard InChI is InChI=1S/C66H106N10O8/c1-51-24-23-25-59(73-51)75(65(82)56-30-29-55(83-5)45-58(56)74-41-32-52(33-42-74)49-84-63-44-54(31-37-72-63)57(46-64(80)81)53-27-28-53)50-66(2,3)34-22-20-18-16-14-12-10-8-6-7-9-11-13-15-17-19-21-26-60(77)71-40-43-76(4,47-61(78)69-38-35-67)48-62(79)70-39-36-68/h23-25,29-31,37,44-45,52-53,57H,6-22,26-28,32-36,38-43,46-50,67-68H2,1-5H3,(H3-,69,70,71,77,78,79,80,81)/p+1/t57-/m0/s1. The Kier molecular flexibility index (Phi) is 30.8. The average molecular weight is 1170 g/mol. The summed E-state index contributed by atoms with van der Waals surface area (Å²) in [6.07, 6.45) is 28.0. The molecule has 3 aromatic rings. The highest BCUT2D eigenvalue weighted by Crippen LogP contribution is 2.45. The van der Waals surface area contributed by atoms with Gasteiger partial charge in [0.15, 0.2) is 13.1 Å². The van der Waals surface area contributed by atoms with E-state index < -0.39 is 5.97 Å². The molecule has 3 heterocycles. The van der Waals surface area contributed by atoms with E-state index in [9.17, 15) is 29.1 Å². The molecule has 18 nitrogen and oxygen atoms in total. The monoisotopic (exact) mass is 1170 g/mol. The third-order valence-corrected chi connectivity index (χ3v) is 16.8. The molecule has 1 aliphatic carbocycles. The second-order valence-electron chi connectivity index (χ2n) is 25.1. The van der Waals surface area contributed by atoms with Crippen molar-refractivity contribution in [2.75, 3.05) is 103 Å². The van der Waals surface area contributed by atoms with Gasteiger partial charge in [-0.2, -0.15) is 0 Å². The van der Waals surface area contributed by atoms with E-state index in [-0.39, 0.29) is 59.0 Å². The molecule has 0 unspecified atom stereocenters. The van der Waals surface area contributed by atoms with Gasteiger partial charge in [-0.1, -0.05) is 123 Å². The van der Waals surface area contributed by atoms with Crippen LogP contribution in [-0.2, 0) is 19.2 Å². The van der Waals surface area contributed by atoms with Gasteiger partial charge in [0.05, 0.1) is 51.5 Å². The predicted octanol–water partition coefficient (Wildman–Crippen LogP) is 9.85. The Hall–Kier alpha value is -5.85. The second-order valence-corrected chi connectivity index (χ2v) is 25.1. The molecule has 2 aliphatic rings. The van der Waals surface area contributed by atoms with Crippen LogP contribution in [0.1, 0.15) is 195 Å². The number of ether oxygens (including phenoxy) is 2. The number of likely N-dealkylation sites (N-methyl/N-ethyl adjacent to an activating group) is 1. The first-order chi connectivity index (χ1) is 40.5. The molecule has 2 fully saturated rings. The summed E-state index contributed by atoms with van der Waals surface area (Å²) in [7, 11) is 3.51. The Labute approximate surface area is 503 Å². The first kappa shape index (κ1) is 68.9. The van der Waals surface area contributed by atoms with Crippen molar-refractivity contribution in [3.63, 3.8) is 0 Å². The maximum absolute atomic E-state index is 15.0. The van der Waals surface area contributed by atoms with Gasteiger partial charge in [-0.05, 0) is 105 Å². The van der Waals surface area contributed by atoms with Crippen molar-refractivity contribution in [3.8, 4) is 11.6 Å². The third kappa shape index (κ3) is 26.2. The number of hydrogen-bond donors (Lipinski definition) is 6. The zero-order valence-corrected chi connectivity index (χ0v) is 52.1. The molecule has 1 aromatic carbocycles. The molecule has 0 radical (unpaired) electrons. The summed E-state index contributed by atoms with van der Waals surface area (Å²) in [5.74, 6) is 1.46. The highest BCUT2D eigenvalue weighted by molar-refractivity contribution is 6.09. The van der Waals surface area contributed by atoms with Crippen LogP contribution in [0.2, 0.25) is 0 Å². The van der Waals surface area contributed by atoms with Gasteiger partial charge in [0, 0.05) is 76.3 Å². The van der Waals surface area contributed by atoms with E-state index in [1.165, 1.54) is 83.5 Å². The summed E-state index contributed by atoms with van der Waals surface area (Å²) in [4.78, 5) is 77.6. The molecule has 84 heavy (non-hydrogen) atoms. The molecule has 8 N–H and O–H groups in total. The number of aromatic nitrogens is 2. The number of carbonyl (C=O) groups excluding carboxylic acids is 4. The van der Waals surface area contributed by atoms with Crippen LogP contribution in [0.4, 0.5) is 11.5 Å². The minimum absolute atomic E-state index is 0.00890. The number of quaternary nitrogens is 1. The van der Waals surface area contributed by atoms with Gasteiger partial charge in [-0.25, -0.2) is 9.97 Å². The molecular weight excluding hydrogens is 1060 g/mol. The number of hydrogen-bond acceptors (Lipinski definition) is 12. The van der Waals surface area contributed by atoms with E-state index in [1.807, 2.05) is 67.4 Å². The predicted molar refractivity (Wildman–Crippen MR) is 335 cm³/mol. The number of methoxy groups -OCH3 is 1. The number of anilines is 2. The van der Waals surface area contributed by atoms with Crippen LogP contribution < -0.4 is 46.7 Å². The summed E-state index contributed by atoms with van der Waals surface area (Å²) in [5.41, 5.74) is 14.3. The van der Waals surface area contributed by atoms with Gasteiger partial charge in [-0.15, -0.1) is 0 Å². The molecule has 2 aromatic heterocycles. The number of piperidine rings is 1. The number of carboxylic acid groups (broad SMARTS) is 1. The number of nitrogens with two attached hydrogens (primary N) is 2. The second kappa shape index (κ2) is 37.6. The number of aryl methyl sites for hydroxylation is 1. The van der Waals surface area contributed by atoms with Gasteiger partial charge in [0.2, 0.25) is 11.8 Å². The smallest absolute Gasteiger partial charge is 0.303 e. The van der Waals surface area contributed by atoms with E-state index in [1.54, 1.807) is 13.3 Å². The number of amides is 4. The number of nitrogens with zero attached hydrogens (tertiary/aromatic N) is 5. The molecule has 5 rings (SSSR count). The Morgan fingerprint density at radius 1 is 0.750 bits per heavy atom. The normalized spacial score (nSPS) is 14.2. The van der Waals surface area contributed by atoms with Crippen molar-refractivity contribution in [1.29, 1.82) is 0 Å². The largest absolute Gasteiger partial charge is 0.497 e. The van der Waals surface area contributed by atoms with Gasteiger partial charge in [0.1, 0.15) is 11.6 Å². The number of aliphatic carboxylic acids is 1. The minimum atomic E-state index is -0.777. The Morgan fingerprint density at radius 2 is 1.32 bits per heavy atom. The molecule has 0 bridgehead atoms. The number of nitrogens with one attached hydrogen (secondary N) is 3. The minimum Gasteiger partial charge on any atom is -0.497 e. The van der Waals surface area contributed by atoms with E-state index >= 15 is 0 Å². The van der Waals surface area contributed by atoms with Gasteiger partial charge in [-0.3, -0.25) is 28.9 Å². The van der Waals surface area contributed by atoms with Crippen LogP contribution in [0.25, 0.3) is 0 Å². The van der Waals surface area contributed by atoms with Gasteiger partial charge >= 0.3 is 5.97 Å². The van der Waals surface area contributed by atoms with E-state index in [0.29, 0.717) is 93.7 Å². The van der Waals surface area contributed by atoms with Gasteiger partial charge in [0.25, 0.3) is 17.7 Å². The molecule has 1 atom stereocenters. The third-order valence-electron chi connectivity index (χ3n) is 16.8. The lowest BCUT2D eigenvalue weighted by atomic mass is 9.85. The van der Waals surface area contributed by atoms with E-state index in [2.05, 4.69) is 39.7 Å². The Balaban J connectivity index is 0.930. The van der Waals surface area contributed by atoms with Crippen LogP contribution in [0.5, 0.6) is 11.6 Å². The van der Waals surface area contributed by atoms with Crippen molar-refractivity contribution in [1.82, 2.24) is 25.9 Å².